The monoisotopic (exact) mass is 480 g/mol. The molecule has 0 bridgehead atoms. The van der Waals surface area contributed by atoms with E-state index in [1.165, 1.54) is 16.4 Å². The molecule has 2 aliphatic rings. The summed E-state index contributed by atoms with van der Waals surface area (Å²) in [6.45, 7) is 3.75. The second kappa shape index (κ2) is 9.95. The number of anilines is 1. The Morgan fingerprint density at radius 1 is 1.00 bits per heavy atom. The first-order valence-corrected chi connectivity index (χ1v) is 13.0. The number of likely N-dealkylation sites (tertiary alicyclic amines) is 1. The van der Waals surface area contributed by atoms with Crippen LogP contribution in [0.3, 0.4) is 0 Å². The summed E-state index contributed by atoms with van der Waals surface area (Å²) in [5.41, 5.74) is 2.05. The van der Waals surface area contributed by atoms with Crippen molar-refractivity contribution in [1.29, 1.82) is 5.26 Å². The van der Waals surface area contributed by atoms with Gasteiger partial charge < -0.3 is 10.2 Å². The van der Waals surface area contributed by atoms with Gasteiger partial charge in [-0.05, 0) is 62.4 Å². The van der Waals surface area contributed by atoms with E-state index in [0.29, 0.717) is 24.1 Å². The number of hydrogen-bond acceptors (Lipinski definition) is 5. The molecule has 2 aromatic rings. The minimum atomic E-state index is -3.81. The molecule has 2 heterocycles. The quantitative estimate of drug-likeness (QED) is 0.707. The fourth-order valence-electron chi connectivity index (χ4n) is 4.61. The largest absolute Gasteiger partial charge is 0.339 e. The smallest absolute Gasteiger partial charge is 0.254 e. The van der Waals surface area contributed by atoms with E-state index < -0.39 is 10.0 Å². The fraction of sp³-hybridized carbons (Fsp3) is 0.400. The number of rotatable bonds is 5. The molecule has 2 aromatic carbocycles. The van der Waals surface area contributed by atoms with Gasteiger partial charge in [-0.15, -0.1) is 0 Å². The summed E-state index contributed by atoms with van der Waals surface area (Å²) in [6.07, 6.45) is 2.78. The number of hydrogen-bond donors (Lipinski definition) is 1. The minimum Gasteiger partial charge on any atom is -0.339 e. The summed E-state index contributed by atoms with van der Waals surface area (Å²) in [4.78, 5) is 27.6. The van der Waals surface area contributed by atoms with E-state index in [1.807, 2.05) is 17.9 Å². The zero-order valence-electron chi connectivity index (χ0n) is 19.2. The molecule has 0 saturated carbocycles. The van der Waals surface area contributed by atoms with Gasteiger partial charge in [0.1, 0.15) is 6.07 Å². The van der Waals surface area contributed by atoms with Crippen molar-refractivity contribution in [2.45, 2.75) is 37.5 Å². The SMILES string of the molecule is Cc1c(NC(=O)C2CCN(S(=O)(=O)c3ccccc3C#N)CC2)cccc1C(=O)N1CCCC1. The normalized spacial score (nSPS) is 17.4. The highest BCUT2D eigenvalue weighted by atomic mass is 32.2. The van der Waals surface area contributed by atoms with Crippen molar-refractivity contribution in [3.05, 3.63) is 59.2 Å². The number of nitriles is 1. The Bertz CT molecular complexity index is 1240. The van der Waals surface area contributed by atoms with E-state index in [-0.39, 0.29) is 41.3 Å². The molecule has 34 heavy (non-hydrogen) atoms. The zero-order chi connectivity index (χ0) is 24.3. The van der Waals surface area contributed by atoms with Crippen LogP contribution in [0.15, 0.2) is 47.4 Å². The van der Waals surface area contributed by atoms with Gasteiger partial charge in [0.2, 0.25) is 15.9 Å². The molecular formula is C25H28N4O4S. The molecule has 4 rings (SSSR count). The van der Waals surface area contributed by atoms with Gasteiger partial charge >= 0.3 is 0 Å². The predicted molar refractivity (Wildman–Crippen MR) is 128 cm³/mol. The minimum absolute atomic E-state index is 0.00416. The van der Waals surface area contributed by atoms with Gasteiger partial charge in [-0.1, -0.05) is 18.2 Å². The van der Waals surface area contributed by atoms with Crippen LogP contribution in [0.2, 0.25) is 0 Å². The second-order valence-corrected chi connectivity index (χ2v) is 10.7. The van der Waals surface area contributed by atoms with E-state index >= 15 is 0 Å². The Hall–Kier alpha value is -3.22. The van der Waals surface area contributed by atoms with Gasteiger partial charge in [0, 0.05) is 43.3 Å². The highest BCUT2D eigenvalue weighted by molar-refractivity contribution is 7.89. The van der Waals surface area contributed by atoms with Crippen LogP contribution in [0, 0.1) is 24.2 Å². The molecule has 0 aliphatic carbocycles. The lowest BCUT2D eigenvalue weighted by atomic mass is 9.96. The maximum absolute atomic E-state index is 13.0. The van der Waals surface area contributed by atoms with Gasteiger partial charge in [-0.25, -0.2) is 8.42 Å². The average Bonchev–Trinajstić information content (AvgIpc) is 3.40. The molecule has 0 aromatic heterocycles. The lowest BCUT2D eigenvalue weighted by Crippen LogP contribution is -2.41. The molecule has 0 unspecified atom stereocenters. The van der Waals surface area contributed by atoms with Gasteiger partial charge in [-0.2, -0.15) is 9.57 Å². The molecule has 2 fully saturated rings. The summed E-state index contributed by atoms with van der Waals surface area (Å²) < 4.78 is 27.4. The molecule has 0 radical (unpaired) electrons. The topological polar surface area (TPSA) is 111 Å². The molecule has 2 aliphatic heterocycles. The third-order valence-corrected chi connectivity index (χ3v) is 8.62. The van der Waals surface area contributed by atoms with Crippen molar-refractivity contribution in [1.82, 2.24) is 9.21 Å². The number of benzene rings is 2. The Morgan fingerprint density at radius 2 is 1.68 bits per heavy atom. The van der Waals surface area contributed by atoms with Crippen molar-refractivity contribution in [2.24, 2.45) is 5.92 Å². The van der Waals surface area contributed by atoms with Crippen LogP contribution >= 0.6 is 0 Å². The highest BCUT2D eigenvalue weighted by Gasteiger charge is 2.33. The second-order valence-electron chi connectivity index (χ2n) is 8.75. The molecular weight excluding hydrogens is 452 g/mol. The third-order valence-electron chi connectivity index (χ3n) is 6.67. The van der Waals surface area contributed by atoms with Crippen LogP contribution in [-0.2, 0) is 14.8 Å². The summed E-state index contributed by atoms with van der Waals surface area (Å²) in [5, 5.41) is 12.2. The molecule has 8 nitrogen and oxygen atoms in total. The van der Waals surface area contributed by atoms with Crippen molar-refractivity contribution in [3.63, 3.8) is 0 Å². The van der Waals surface area contributed by atoms with Crippen LogP contribution in [-0.4, -0.2) is 55.6 Å². The Morgan fingerprint density at radius 3 is 2.35 bits per heavy atom. The number of sulfonamides is 1. The van der Waals surface area contributed by atoms with Gasteiger partial charge in [-0.3, -0.25) is 9.59 Å². The molecule has 9 heteroatoms. The van der Waals surface area contributed by atoms with Crippen molar-refractivity contribution >= 4 is 27.5 Å². The molecule has 1 N–H and O–H groups in total. The Kier molecular flexibility index (Phi) is 7.00. The maximum Gasteiger partial charge on any atom is 0.254 e. The summed E-state index contributed by atoms with van der Waals surface area (Å²) in [7, 11) is -3.81. The van der Waals surface area contributed by atoms with E-state index in [1.54, 1.807) is 30.3 Å². The van der Waals surface area contributed by atoms with Crippen LogP contribution in [0.5, 0.6) is 0 Å². The molecule has 178 valence electrons. The van der Waals surface area contributed by atoms with E-state index in [9.17, 15) is 23.3 Å². The van der Waals surface area contributed by atoms with Crippen molar-refractivity contribution < 1.29 is 18.0 Å². The van der Waals surface area contributed by atoms with Crippen LogP contribution < -0.4 is 5.32 Å². The summed E-state index contributed by atoms with van der Waals surface area (Å²) in [6, 6.07) is 13.4. The number of carbonyl (C=O) groups is 2. The average molecular weight is 481 g/mol. The van der Waals surface area contributed by atoms with E-state index in [4.69, 9.17) is 0 Å². The lowest BCUT2D eigenvalue weighted by molar-refractivity contribution is -0.120. The first kappa shape index (κ1) is 23.9. The number of piperidine rings is 1. The molecule has 2 amide bonds. The highest BCUT2D eigenvalue weighted by Crippen LogP contribution is 2.28. The fourth-order valence-corrected chi connectivity index (χ4v) is 6.22. The lowest BCUT2D eigenvalue weighted by Gasteiger charge is -2.31. The van der Waals surface area contributed by atoms with Crippen molar-refractivity contribution in [3.8, 4) is 6.07 Å². The van der Waals surface area contributed by atoms with Crippen LogP contribution in [0.4, 0.5) is 5.69 Å². The number of nitrogens with one attached hydrogen (secondary N) is 1. The molecule has 0 atom stereocenters. The molecule has 2 saturated heterocycles. The standard InChI is InChI=1S/C25H28N4O4S/c1-18-21(25(31)28-13-4-5-14-28)8-6-9-22(18)27-24(30)19-11-15-29(16-12-19)34(32,33)23-10-3-2-7-20(23)17-26/h2-3,6-10,19H,4-5,11-16H2,1H3,(H,27,30). The predicted octanol–water partition coefficient (Wildman–Crippen LogP) is 3.14. The van der Waals surface area contributed by atoms with Gasteiger partial charge in [0.05, 0.1) is 10.5 Å². The van der Waals surface area contributed by atoms with Gasteiger partial charge in [0.15, 0.2) is 0 Å². The van der Waals surface area contributed by atoms with E-state index in [2.05, 4.69) is 5.32 Å². The Balaban J connectivity index is 1.41. The summed E-state index contributed by atoms with van der Waals surface area (Å²) in [5.74, 6) is -0.527. The number of carbonyl (C=O) groups excluding carboxylic acids is 2. The first-order valence-electron chi connectivity index (χ1n) is 11.5. The van der Waals surface area contributed by atoms with Crippen LogP contribution in [0.1, 0.15) is 47.2 Å². The summed E-state index contributed by atoms with van der Waals surface area (Å²) >= 11 is 0. The van der Waals surface area contributed by atoms with Crippen LogP contribution in [0.25, 0.3) is 0 Å². The number of amides is 2. The maximum atomic E-state index is 13.0. The Labute approximate surface area is 200 Å². The number of nitrogens with zero attached hydrogens (tertiary/aromatic N) is 3. The molecule has 0 spiro atoms. The van der Waals surface area contributed by atoms with E-state index in [0.717, 1.165) is 31.5 Å². The zero-order valence-corrected chi connectivity index (χ0v) is 20.0. The van der Waals surface area contributed by atoms with Gasteiger partial charge in [0.25, 0.3) is 5.91 Å². The first-order chi connectivity index (χ1) is 16.3. The third kappa shape index (κ3) is 4.69. The van der Waals surface area contributed by atoms with Crippen molar-refractivity contribution in [2.75, 3.05) is 31.5 Å².